The van der Waals surface area contributed by atoms with Crippen LogP contribution in [0.1, 0.15) is 17.2 Å². The van der Waals surface area contributed by atoms with Gasteiger partial charge < -0.3 is 11.1 Å². The van der Waals surface area contributed by atoms with Crippen molar-refractivity contribution in [1.82, 2.24) is 0 Å². The quantitative estimate of drug-likeness (QED) is 0.859. The number of para-hydroxylation sites is 1. The summed E-state index contributed by atoms with van der Waals surface area (Å²) in [5, 5.41) is 4.18. The molecule has 1 atom stereocenters. The molecule has 0 aliphatic rings. The molecule has 0 fully saturated rings. The molecule has 0 bridgehead atoms. The van der Waals surface area contributed by atoms with Crippen LogP contribution < -0.4 is 11.1 Å². The molecule has 0 saturated heterocycles. The van der Waals surface area contributed by atoms with E-state index in [1.807, 2.05) is 30.3 Å². The minimum Gasteiger partial charge on any atom is -0.377 e. The Morgan fingerprint density at radius 3 is 2.68 bits per heavy atom. The third kappa shape index (κ3) is 3.50. The van der Waals surface area contributed by atoms with Gasteiger partial charge >= 0.3 is 0 Å². The van der Waals surface area contributed by atoms with Crippen LogP contribution in [0, 0.1) is 6.92 Å². The van der Waals surface area contributed by atoms with Crippen LogP contribution in [0.3, 0.4) is 0 Å². The summed E-state index contributed by atoms with van der Waals surface area (Å²) in [7, 11) is 0. The SMILES string of the molecule is Cc1ccccc1NC(CN)c1cc(Cl)ccc1Br. The number of nitrogens with two attached hydrogens (primary N) is 1. The van der Waals surface area contributed by atoms with Crippen molar-refractivity contribution in [3.8, 4) is 0 Å². The van der Waals surface area contributed by atoms with Crippen molar-refractivity contribution in [2.45, 2.75) is 13.0 Å². The van der Waals surface area contributed by atoms with Crippen molar-refractivity contribution >= 4 is 33.2 Å². The third-order valence-electron chi connectivity index (χ3n) is 3.04. The largest absolute Gasteiger partial charge is 0.377 e. The number of halogens is 2. The average molecular weight is 340 g/mol. The average Bonchev–Trinajstić information content (AvgIpc) is 2.41. The lowest BCUT2D eigenvalue weighted by Crippen LogP contribution is -2.21. The molecule has 0 amide bonds. The second kappa shape index (κ2) is 6.42. The standard InChI is InChI=1S/C15H16BrClN2/c1-10-4-2-3-5-14(10)19-15(9-18)12-8-11(17)6-7-13(12)16/h2-8,15,19H,9,18H2,1H3. The first kappa shape index (κ1) is 14.4. The Hall–Kier alpha value is -1.03. The molecule has 0 aliphatic heterocycles. The van der Waals surface area contributed by atoms with Crippen LogP contribution in [0.15, 0.2) is 46.9 Å². The highest BCUT2D eigenvalue weighted by atomic mass is 79.9. The molecule has 0 heterocycles. The van der Waals surface area contributed by atoms with Gasteiger partial charge in [-0.25, -0.2) is 0 Å². The fourth-order valence-corrected chi connectivity index (χ4v) is 2.67. The Kier molecular flexibility index (Phi) is 4.86. The Morgan fingerprint density at radius 2 is 2.00 bits per heavy atom. The molecule has 0 aliphatic carbocycles. The molecule has 3 N–H and O–H groups in total. The molecule has 1 unspecified atom stereocenters. The van der Waals surface area contributed by atoms with E-state index in [0.29, 0.717) is 11.6 Å². The highest BCUT2D eigenvalue weighted by molar-refractivity contribution is 9.10. The molecule has 0 aromatic heterocycles. The van der Waals surface area contributed by atoms with Crippen LogP contribution in [-0.2, 0) is 0 Å². The van der Waals surface area contributed by atoms with Gasteiger partial charge in [-0.15, -0.1) is 0 Å². The lowest BCUT2D eigenvalue weighted by atomic mass is 10.1. The van der Waals surface area contributed by atoms with Gasteiger partial charge in [0.2, 0.25) is 0 Å². The van der Waals surface area contributed by atoms with Crippen molar-refractivity contribution in [3.05, 3.63) is 63.1 Å². The number of benzene rings is 2. The van der Waals surface area contributed by atoms with Gasteiger partial charge in [0.15, 0.2) is 0 Å². The Balaban J connectivity index is 2.30. The van der Waals surface area contributed by atoms with Crippen LogP contribution in [0.4, 0.5) is 5.69 Å². The minimum absolute atomic E-state index is 0.0224. The van der Waals surface area contributed by atoms with Crippen LogP contribution in [0.25, 0.3) is 0 Å². The first-order chi connectivity index (χ1) is 9.11. The Labute approximate surface area is 127 Å². The molecular weight excluding hydrogens is 324 g/mol. The van der Waals surface area contributed by atoms with Crippen LogP contribution >= 0.6 is 27.5 Å². The first-order valence-electron chi connectivity index (χ1n) is 6.09. The Morgan fingerprint density at radius 1 is 1.26 bits per heavy atom. The smallest absolute Gasteiger partial charge is 0.0647 e. The molecule has 2 nitrogen and oxygen atoms in total. The molecule has 0 spiro atoms. The van der Waals surface area contributed by atoms with Crippen molar-refractivity contribution in [2.24, 2.45) is 5.73 Å². The zero-order valence-corrected chi connectivity index (χ0v) is 13.0. The maximum absolute atomic E-state index is 6.06. The van der Waals surface area contributed by atoms with E-state index >= 15 is 0 Å². The van der Waals surface area contributed by atoms with E-state index < -0.39 is 0 Å². The summed E-state index contributed by atoms with van der Waals surface area (Å²) in [6, 6.07) is 13.9. The number of rotatable bonds is 4. The van der Waals surface area contributed by atoms with Crippen molar-refractivity contribution in [1.29, 1.82) is 0 Å². The normalized spacial score (nSPS) is 12.2. The van der Waals surface area contributed by atoms with E-state index in [1.165, 1.54) is 5.56 Å². The second-order valence-corrected chi connectivity index (χ2v) is 5.70. The molecule has 4 heteroatoms. The maximum Gasteiger partial charge on any atom is 0.0647 e. The van der Waals surface area contributed by atoms with E-state index in [9.17, 15) is 0 Å². The number of nitrogens with one attached hydrogen (secondary N) is 1. The molecule has 0 radical (unpaired) electrons. The molecule has 2 aromatic rings. The van der Waals surface area contributed by atoms with Crippen LogP contribution in [-0.4, -0.2) is 6.54 Å². The van der Waals surface area contributed by atoms with Gasteiger partial charge in [0.1, 0.15) is 0 Å². The van der Waals surface area contributed by atoms with Gasteiger partial charge in [-0.2, -0.15) is 0 Å². The van der Waals surface area contributed by atoms with E-state index in [0.717, 1.165) is 15.7 Å². The van der Waals surface area contributed by atoms with E-state index in [4.69, 9.17) is 17.3 Å². The monoisotopic (exact) mass is 338 g/mol. The molecule has 19 heavy (non-hydrogen) atoms. The number of hydrogen-bond donors (Lipinski definition) is 2. The highest BCUT2D eigenvalue weighted by Crippen LogP contribution is 2.29. The fraction of sp³-hybridized carbons (Fsp3) is 0.200. The van der Waals surface area contributed by atoms with Crippen LogP contribution in [0.2, 0.25) is 5.02 Å². The van der Waals surface area contributed by atoms with Gasteiger partial charge in [-0.3, -0.25) is 0 Å². The Bertz CT molecular complexity index is 572. The predicted molar refractivity (Wildman–Crippen MR) is 85.7 cm³/mol. The summed E-state index contributed by atoms with van der Waals surface area (Å²) in [6.45, 7) is 2.57. The zero-order valence-electron chi connectivity index (χ0n) is 10.7. The topological polar surface area (TPSA) is 38.0 Å². The summed E-state index contributed by atoms with van der Waals surface area (Å²) in [5.74, 6) is 0. The van der Waals surface area contributed by atoms with E-state index in [-0.39, 0.29) is 6.04 Å². The molecule has 0 saturated carbocycles. The lowest BCUT2D eigenvalue weighted by Gasteiger charge is -2.21. The van der Waals surface area contributed by atoms with Gasteiger partial charge in [-0.05, 0) is 42.3 Å². The summed E-state index contributed by atoms with van der Waals surface area (Å²) in [4.78, 5) is 0. The number of aryl methyl sites for hydroxylation is 1. The van der Waals surface area contributed by atoms with E-state index in [2.05, 4.69) is 40.3 Å². The summed E-state index contributed by atoms with van der Waals surface area (Å²) in [6.07, 6.45) is 0. The first-order valence-corrected chi connectivity index (χ1v) is 7.26. The highest BCUT2D eigenvalue weighted by Gasteiger charge is 2.14. The predicted octanol–water partition coefficient (Wildman–Crippen LogP) is 4.52. The minimum atomic E-state index is 0.0224. The van der Waals surface area contributed by atoms with Crippen molar-refractivity contribution < 1.29 is 0 Å². The number of hydrogen-bond acceptors (Lipinski definition) is 2. The maximum atomic E-state index is 6.06. The lowest BCUT2D eigenvalue weighted by molar-refractivity contribution is 0.785. The van der Waals surface area contributed by atoms with Gasteiger partial charge in [0.05, 0.1) is 6.04 Å². The summed E-state index contributed by atoms with van der Waals surface area (Å²) in [5.41, 5.74) is 9.24. The second-order valence-electron chi connectivity index (χ2n) is 4.41. The number of anilines is 1. The molecule has 2 aromatic carbocycles. The van der Waals surface area contributed by atoms with Gasteiger partial charge in [-0.1, -0.05) is 45.7 Å². The molecule has 100 valence electrons. The molecular formula is C15H16BrClN2. The molecule has 2 rings (SSSR count). The summed E-state index contributed by atoms with van der Waals surface area (Å²) >= 11 is 9.61. The van der Waals surface area contributed by atoms with Crippen LogP contribution in [0.5, 0.6) is 0 Å². The zero-order chi connectivity index (χ0) is 13.8. The summed E-state index contributed by atoms with van der Waals surface area (Å²) < 4.78 is 1.01. The van der Waals surface area contributed by atoms with Crippen molar-refractivity contribution in [3.63, 3.8) is 0 Å². The van der Waals surface area contributed by atoms with Gasteiger partial charge in [0.25, 0.3) is 0 Å². The third-order valence-corrected chi connectivity index (χ3v) is 4.00. The fourth-order valence-electron chi connectivity index (χ4n) is 1.97. The van der Waals surface area contributed by atoms with Crippen molar-refractivity contribution in [2.75, 3.05) is 11.9 Å². The van der Waals surface area contributed by atoms with Gasteiger partial charge in [0, 0.05) is 21.7 Å². The van der Waals surface area contributed by atoms with E-state index in [1.54, 1.807) is 0 Å².